The van der Waals surface area contributed by atoms with Gasteiger partial charge in [-0.2, -0.15) is 0 Å². The van der Waals surface area contributed by atoms with Crippen LogP contribution in [0.2, 0.25) is 0 Å². The van der Waals surface area contributed by atoms with E-state index < -0.39 is 0 Å². The Hall–Kier alpha value is -2.60. The van der Waals surface area contributed by atoms with Crippen molar-refractivity contribution in [3.05, 3.63) is 70.7 Å². The molecule has 4 nitrogen and oxygen atoms in total. The SMILES string of the molecule is O=C(Cn1ccc2c(Br)cccc21)NCCc1c[nH]c2ccc(F)cc12. The van der Waals surface area contributed by atoms with E-state index in [0.717, 1.165) is 31.8 Å². The van der Waals surface area contributed by atoms with E-state index in [9.17, 15) is 9.18 Å². The molecule has 4 rings (SSSR count). The maximum absolute atomic E-state index is 13.4. The molecule has 0 bridgehead atoms. The van der Waals surface area contributed by atoms with Crippen molar-refractivity contribution in [3.8, 4) is 0 Å². The molecule has 0 fully saturated rings. The predicted octanol–water partition coefficient (Wildman–Crippen LogP) is 4.38. The molecule has 4 aromatic rings. The number of halogens is 2. The molecule has 0 aliphatic heterocycles. The molecule has 2 aromatic heterocycles. The molecule has 0 saturated carbocycles. The minimum absolute atomic E-state index is 0.0477. The summed E-state index contributed by atoms with van der Waals surface area (Å²) in [7, 11) is 0. The van der Waals surface area contributed by atoms with E-state index in [1.54, 1.807) is 6.07 Å². The molecule has 0 radical (unpaired) electrons. The maximum atomic E-state index is 13.4. The molecule has 2 N–H and O–H groups in total. The van der Waals surface area contributed by atoms with Crippen LogP contribution in [0, 0.1) is 5.82 Å². The van der Waals surface area contributed by atoms with Crippen LogP contribution in [0.5, 0.6) is 0 Å². The van der Waals surface area contributed by atoms with Gasteiger partial charge in [0, 0.05) is 45.2 Å². The molecule has 1 amide bonds. The van der Waals surface area contributed by atoms with Crippen molar-refractivity contribution in [3.63, 3.8) is 0 Å². The largest absolute Gasteiger partial charge is 0.361 e. The lowest BCUT2D eigenvalue weighted by atomic mass is 10.1. The molecule has 2 aromatic carbocycles. The average Bonchev–Trinajstić information content (AvgIpc) is 3.20. The molecular formula is C20H17BrFN3O. The van der Waals surface area contributed by atoms with Gasteiger partial charge >= 0.3 is 0 Å². The third-order valence-electron chi connectivity index (χ3n) is 4.52. The third-order valence-corrected chi connectivity index (χ3v) is 5.21. The van der Waals surface area contributed by atoms with Gasteiger partial charge in [0.05, 0.1) is 0 Å². The van der Waals surface area contributed by atoms with Crippen LogP contribution in [0.4, 0.5) is 4.39 Å². The molecule has 0 aliphatic carbocycles. The monoisotopic (exact) mass is 413 g/mol. The fourth-order valence-corrected chi connectivity index (χ4v) is 3.72. The van der Waals surface area contributed by atoms with E-state index in [4.69, 9.17) is 0 Å². The van der Waals surface area contributed by atoms with Crippen molar-refractivity contribution in [2.24, 2.45) is 0 Å². The Bertz CT molecular complexity index is 1100. The number of aromatic nitrogens is 2. The Kier molecular flexibility index (Phi) is 4.51. The number of rotatable bonds is 5. The lowest BCUT2D eigenvalue weighted by molar-refractivity contribution is -0.121. The summed E-state index contributed by atoms with van der Waals surface area (Å²) >= 11 is 3.52. The van der Waals surface area contributed by atoms with Gasteiger partial charge in [0.15, 0.2) is 0 Å². The van der Waals surface area contributed by atoms with Crippen LogP contribution in [0.25, 0.3) is 21.8 Å². The van der Waals surface area contributed by atoms with Crippen molar-refractivity contribution in [1.82, 2.24) is 14.9 Å². The second-order valence-electron chi connectivity index (χ2n) is 6.22. The fraction of sp³-hybridized carbons (Fsp3) is 0.150. The second-order valence-corrected chi connectivity index (χ2v) is 7.07. The molecule has 0 saturated heterocycles. The van der Waals surface area contributed by atoms with Gasteiger partial charge in [-0.05, 0) is 48.4 Å². The molecule has 0 atom stereocenters. The van der Waals surface area contributed by atoms with Gasteiger partial charge in [-0.25, -0.2) is 4.39 Å². The van der Waals surface area contributed by atoms with Crippen LogP contribution < -0.4 is 5.32 Å². The smallest absolute Gasteiger partial charge is 0.239 e. The Morgan fingerprint density at radius 2 is 2.08 bits per heavy atom. The zero-order valence-corrected chi connectivity index (χ0v) is 15.5. The van der Waals surface area contributed by atoms with E-state index in [1.807, 2.05) is 41.2 Å². The highest BCUT2D eigenvalue weighted by atomic mass is 79.9. The van der Waals surface area contributed by atoms with Gasteiger partial charge in [-0.3, -0.25) is 4.79 Å². The van der Waals surface area contributed by atoms with Crippen molar-refractivity contribution in [2.45, 2.75) is 13.0 Å². The zero-order chi connectivity index (χ0) is 18.1. The number of nitrogens with zero attached hydrogens (tertiary/aromatic N) is 1. The number of amides is 1. The summed E-state index contributed by atoms with van der Waals surface area (Å²) < 4.78 is 16.4. The molecule has 6 heteroatoms. The van der Waals surface area contributed by atoms with Gasteiger partial charge < -0.3 is 14.9 Å². The zero-order valence-electron chi connectivity index (χ0n) is 13.9. The number of hydrogen-bond donors (Lipinski definition) is 2. The Balaban J connectivity index is 1.39. The summed E-state index contributed by atoms with van der Waals surface area (Å²) in [5, 5.41) is 4.88. The molecule has 132 valence electrons. The summed E-state index contributed by atoms with van der Waals surface area (Å²) in [6, 6.07) is 12.6. The number of carbonyl (C=O) groups excluding carboxylic acids is 1. The van der Waals surface area contributed by atoms with Crippen LogP contribution in [-0.4, -0.2) is 22.0 Å². The predicted molar refractivity (Wildman–Crippen MR) is 105 cm³/mol. The van der Waals surface area contributed by atoms with Gasteiger partial charge in [-0.1, -0.05) is 22.0 Å². The van der Waals surface area contributed by atoms with Crippen LogP contribution in [0.1, 0.15) is 5.56 Å². The second kappa shape index (κ2) is 6.96. The number of H-pyrrole nitrogens is 1. The van der Waals surface area contributed by atoms with Crippen LogP contribution in [0.15, 0.2) is 59.3 Å². The lowest BCUT2D eigenvalue weighted by Crippen LogP contribution is -2.29. The van der Waals surface area contributed by atoms with E-state index in [2.05, 4.69) is 26.2 Å². The molecule has 0 unspecified atom stereocenters. The van der Waals surface area contributed by atoms with Crippen molar-refractivity contribution < 1.29 is 9.18 Å². The normalized spacial score (nSPS) is 11.3. The summed E-state index contributed by atoms with van der Waals surface area (Å²) in [5.41, 5.74) is 2.91. The van der Waals surface area contributed by atoms with E-state index in [1.165, 1.54) is 12.1 Å². The van der Waals surface area contributed by atoms with E-state index in [-0.39, 0.29) is 18.3 Å². The van der Waals surface area contributed by atoms with Crippen LogP contribution in [-0.2, 0) is 17.8 Å². The summed E-state index contributed by atoms with van der Waals surface area (Å²) in [5.74, 6) is -0.304. The van der Waals surface area contributed by atoms with Crippen LogP contribution >= 0.6 is 15.9 Å². The fourth-order valence-electron chi connectivity index (χ4n) is 3.23. The maximum Gasteiger partial charge on any atom is 0.239 e. The highest BCUT2D eigenvalue weighted by molar-refractivity contribution is 9.10. The highest BCUT2D eigenvalue weighted by Gasteiger charge is 2.09. The first-order valence-corrected chi connectivity index (χ1v) is 9.17. The van der Waals surface area contributed by atoms with Gasteiger partial charge in [0.2, 0.25) is 5.91 Å². The minimum Gasteiger partial charge on any atom is -0.361 e. The topological polar surface area (TPSA) is 49.8 Å². The van der Waals surface area contributed by atoms with E-state index in [0.29, 0.717) is 13.0 Å². The van der Waals surface area contributed by atoms with E-state index >= 15 is 0 Å². The molecule has 26 heavy (non-hydrogen) atoms. The van der Waals surface area contributed by atoms with Crippen LogP contribution in [0.3, 0.4) is 0 Å². The number of hydrogen-bond acceptors (Lipinski definition) is 1. The summed E-state index contributed by atoms with van der Waals surface area (Å²) in [6.07, 6.45) is 4.43. The number of benzene rings is 2. The molecule has 0 spiro atoms. The van der Waals surface area contributed by atoms with Gasteiger partial charge in [0.25, 0.3) is 0 Å². The molecular weight excluding hydrogens is 397 g/mol. The summed E-state index contributed by atoms with van der Waals surface area (Å²) in [4.78, 5) is 15.4. The first kappa shape index (κ1) is 16.8. The first-order valence-electron chi connectivity index (χ1n) is 8.37. The van der Waals surface area contributed by atoms with Crippen molar-refractivity contribution in [2.75, 3.05) is 6.54 Å². The quantitative estimate of drug-likeness (QED) is 0.500. The number of fused-ring (bicyclic) bond motifs is 2. The third kappa shape index (κ3) is 3.24. The lowest BCUT2D eigenvalue weighted by Gasteiger charge is -2.07. The Morgan fingerprint density at radius 1 is 1.19 bits per heavy atom. The number of carbonyl (C=O) groups is 1. The molecule has 2 heterocycles. The standard InChI is InChI=1S/C20H17BrFN3O/c21-17-2-1-3-19-15(17)7-9-25(19)12-20(26)23-8-6-13-11-24-18-5-4-14(22)10-16(13)18/h1-5,7,9-11,24H,6,8,12H2,(H,23,26). The van der Waals surface area contributed by atoms with Crippen molar-refractivity contribution in [1.29, 1.82) is 0 Å². The number of aromatic amines is 1. The Morgan fingerprint density at radius 3 is 2.96 bits per heavy atom. The highest BCUT2D eigenvalue weighted by Crippen LogP contribution is 2.24. The average molecular weight is 414 g/mol. The van der Waals surface area contributed by atoms with Gasteiger partial charge in [0.1, 0.15) is 12.4 Å². The Labute approximate surface area is 158 Å². The first-order chi connectivity index (χ1) is 12.6. The molecule has 0 aliphatic rings. The number of nitrogens with one attached hydrogen (secondary N) is 2. The minimum atomic E-state index is -0.256. The van der Waals surface area contributed by atoms with Gasteiger partial charge in [-0.15, -0.1) is 0 Å². The summed E-state index contributed by atoms with van der Waals surface area (Å²) in [6.45, 7) is 0.771. The van der Waals surface area contributed by atoms with Crippen molar-refractivity contribution >= 4 is 43.6 Å².